The van der Waals surface area contributed by atoms with E-state index in [1.54, 1.807) is 6.92 Å². The van der Waals surface area contributed by atoms with E-state index < -0.39 is 4.30 Å². The average molecular weight is 220 g/mol. The molecule has 0 bridgehead atoms. The van der Waals surface area contributed by atoms with Gasteiger partial charge in [0, 0.05) is 6.42 Å². The Morgan fingerprint density at radius 2 is 1.55 bits per heavy atom. The van der Waals surface area contributed by atoms with Gasteiger partial charge in [-0.15, -0.1) is 0 Å². The minimum absolute atomic E-state index is 0.287. The summed E-state index contributed by atoms with van der Waals surface area (Å²) in [7, 11) is 0. The van der Waals surface area contributed by atoms with Gasteiger partial charge in [0.2, 0.25) is 0 Å². The van der Waals surface area contributed by atoms with Crippen molar-refractivity contribution in [2.75, 3.05) is 0 Å². The van der Waals surface area contributed by atoms with E-state index in [1.165, 1.54) is 0 Å². The Kier molecular flexibility index (Phi) is 11.1. The molecule has 4 heteroatoms. The highest BCUT2D eigenvalue weighted by Gasteiger charge is 1.95. The minimum Gasteiger partial charge on any atom is -0.300 e. The Morgan fingerprint density at radius 1 is 1.27 bits per heavy atom. The largest absolute Gasteiger partial charge is 0.300 e. The van der Waals surface area contributed by atoms with Crippen LogP contribution in [0.15, 0.2) is 0 Å². The Morgan fingerprint density at radius 3 is 1.55 bits per heavy atom. The monoisotopic (exact) mass is 218 g/mol. The average Bonchev–Trinajstić information content (AvgIpc) is 1.56. The summed E-state index contributed by atoms with van der Waals surface area (Å²) < 4.78 is -0.750. The van der Waals surface area contributed by atoms with Crippen LogP contribution in [0.3, 0.4) is 0 Å². The van der Waals surface area contributed by atoms with Gasteiger partial charge in [0.25, 0.3) is 0 Å². The molecule has 0 unspecified atom stereocenters. The molecule has 0 rings (SSSR count). The molecule has 0 aliphatic heterocycles. The van der Waals surface area contributed by atoms with Crippen molar-refractivity contribution in [1.82, 2.24) is 0 Å². The van der Waals surface area contributed by atoms with Gasteiger partial charge in [-0.3, -0.25) is 0 Å². The first-order valence-corrected chi connectivity index (χ1v) is 4.58. The number of rotatable bonds is 2. The number of ketones is 1. The highest BCUT2D eigenvalue weighted by molar-refractivity contribution is 6.63. The van der Waals surface area contributed by atoms with Crippen LogP contribution in [0.25, 0.3) is 0 Å². The lowest BCUT2D eigenvalue weighted by Gasteiger charge is -1.95. The van der Waals surface area contributed by atoms with E-state index >= 15 is 0 Å². The summed E-state index contributed by atoms with van der Waals surface area (Å²) in [6.07, 6.45) is 0.722. The molecule has 0 amide bonds. The van der Waals surface area contributed by atoms with E-state index in [0.29, 0.717) is 5.92 Å². The summed E-state index contributed by atoms with van der Waals surface area (Å²) in [4.78, 5) is 10.3. The van der Waals surface area contributed by atoms with Crippen LogP contribution in [-0.2, 0) is 4.79 Å². The van der Waals surface area contributed by atoms with Gasteiger partial charge in [-0.25, -0.2) is 0 Å². The number of hydrogen-bond donors (Lipinski definition) is 0. The predicted octanol–water partition coefficient (Wildman–Crippen LogP) is 3.61. The number of hydrogen-bond acceptors (Lipinski definition) is 1. The lowest BCUT2D eigenvalue weighted by molar-refractivity contribution is -0.117. The highest BCUT2D eigenvalue weighted by atomic mass is 35.6. The van der Waals surface area contributed by atoms with Crippen molar-refractivity contribution >= 4 is 40.6 Å². The van der Waals surface area contributed by atoms with Crippen LogP contribution < -0.4 is 0 Å². The third-order valence-electron chi connectivity index (χ3n) is 0.696. The van der Waals surface area contributed by atoms with Gasteiger partial charge in [0.05, 0.1) is 0 Å². The second-order valence-corrected chi connectivity index (χ2v) is 4.53. The number of halogens is 3. The quantitative estimate of drug-likeness (QED) is 0.649. The molecule has 0 N–H and O–H groups in total. The highest BCUT2D eigenvalue weighted by Crippen LogP contribution is 2.03. The lowest BCUT2D eigenvalue weighted by atomic mass is 10.1. The van der Waals surface area contributed by atoms with Crippen molar-refractivity contribution in [3.05, 3.63) is 0 Å². The van der Waals surface area contributed by atoms with Crippen LogP contribution in [0.2, 0.25) is 0 Å². The van der Waals surface area contributed by atoms with Crippen molar-refractivity contribution in [2.24, 2.45) is 5.92 Å². The fourth-order valence-corrected chi connectivity index (χ4v) is 0.575. The van der Waals surface area contributed by atoms with E-state index in [4.69, 9.17) is 34.8 Å². The molecule has 0 fully saturated rings. The zero-order chi connectivity index (χ0) is 9.44. The molecule has 0 radical (unpaired) electrons. The molecule has 0 aliphatic rings. The summed E-state index contributed by atoms with van der Waals surface area (Å²) in [5, 5.41) is 0. The topological polar surface area (TPSA) is 17.1 Å². The van der Waals surface area contributed by atoms with Gasteiger partial charge in [-0.05, 0) is 12.8 Å². The van der Waals surface area contributed by atoms with Gasteiger partial charge in [0.15, 0.2) is 4.30 Å². The zero-order valence-electron chi connectivity index (χ0n) is 6.90. The van der Waals surface area contributed by atoms with Gasteiger partial charge in [-0.2, -0.15) is 0 Å². The summed E-state index contributed by atoms with van der Waals surface area (Å²) in [5.74, 6) is 0.813. The Hall–Kier alpha value is 0.540. The second kappa shape index (κ2) is 8.63. The zero-order valence-corrected chi connectivity index (χ0v) is 9.17. The molecule has 1 nitrogen and oxygen atoms in total. The molecule has 68 valence electrons. The molecule has 0 heterocycles. The van der Waals surface area contributed by atoms with Crippen molar-refractivity contribution < 1.29 is 4.79 Å². The molecule has 11 heavy (non-hydrogen) atoms. The Bertz CT molecular complexity index is 99.1. The fraction of sp³-hybridized carbons (Fsp3) is 0.857. The molecule has 0 atom stereocenters. The standard InChI is InChI=1S/C6H12O.CHCl3/c1-5(2)4-6(3)7;2-1(3)4/h5H,4H2,1-3H3;1H. The molecular weight excluding hydrogens is 206 g/mol. The molecule has 0 spiro atoms. The van der Waals surface area contributed by atoms with E-state index in [9.17, 15) is 4.79 Å². The van der Waals surface area contributed by atoms with Gasteiger partial charge >= 0.3 is 0 Å². The summed E-state index contributed by atoms with van der Waals surface area (Å²) in [6, 6.07) is 0. The smallest absolute Gasteiger partial charge is 0.180 e. The minimum atomic E-state index is -0.750. The van der Waals surface area contributed by atoms with Crippen LogP contribution in [-0.4, -0.2) is 10.1 Å². The first kappa shape index (κ1) is 14.1. The predicted molar refractivity (Wildman–Crippen MR) is 51.5 cm³/mol. The number of carbonyl (C=O) groups excluding carboxylic acids is 1. The molecule has 0 aromatic heterocycles. The first-order valence-electron chi connectivity index (χ1n) is 3.28. The number of Topliss-reactive ketones (excluding diaryl/α,β-unsaturated/α-hetero) is 1. The molecule has 0 saturated carbocycles. The summed E-state index contributed by atoms with van der Waals surface area (Å²) in [6.45, 7) is 5.71. The summed E-state index contributed by atoms with van der Waals surface area (Å²) in [5.41, 5.74) is 0. The van der Waals surface area contributed by atoms with Crippen molar-refractivity contribution in [3.63, 3.8) is 0 Å². The third-order valence-corrected chi connectivity index (χ3v) is 0.696. The van der Waals surface area contributed by atoms with Crippen molar-refractivity contribution in [2.45, 2.75) is 31.5 Å². The molecule has 0 saturated heterocycles. The van der Waals surface area contributed by atoms with Crippen LogP contribution in [0.4, 0.5) is 0 Å². The third kappa shape index (κ3) is 37.3. The molecular formula is C7H13Cl3O. The van der Waals surface area contributed by atoms with E-state index in [0.717, 1.165) is 6.42 Å². The second-order valence-electron chi connectivity index (χ2n) is 2.55. The normalized spacial score (nSPS) is 9.45. The van der Waals surface area contributed by atoms with Crippen molar-refractivity contribution in [1.29, 1.82) is 0 Å². The molecule has 0 aromatic rings. The SMILES string of the molecule is CC(=O)CC(C)C.ClC(Cl)Cl. The van der Waals surface area contributed by atoms with E-state index in [-0.39, 0.29) is 5.78 Å². The van der Waals surface area contributed by atoms with E-state index in [1.807, 2.05) is 13.8 Å². The lowest BCUT2D eigenvalue weighted by Crippen LogP contribution is -1.95. The fourth-order valence-electron chi connectivity index (χ4n) is 0.575. The summed E-state index contributed by atoms with van der Waals surface area (Å²) >= 11 is 14.4. The van der Waals surface area contributed by atoms with Crippen molar-refractivity contribution in [3.8, 4) is 0 Å². The Labute approximate surface area is 83.0 Å². The maximum absolute atomic E-state index is 10.3. The first-order chi connectivity index (χ1) is 4.86. The van der Waals surface area contributed by atoms with Gasteiger partial charge < -0.3 is 4.79 Å². The van der Waals surface area contributed by atoms with Crippen LogP contribution in [0.5, 0.6) is 0 Å². The number of carbonyl (C=O) groups is 1. The van der Waals surface area contributed by atoms with Crippen LogP contribution >= 0.6 is 34.8 Å². The van der Waals surface area contributed by atoms with Crippen LogP contribution in [0.1, 0.15) is 27.2 Å². The van der Waals surface area contributed by atoms with Gasteiger partial charge in [0.1, 0.15) is 5.78 Å². The molecule has 0 aliphatic carbocycles. The van der Waals surface area contributed by atoms with E-state index in [2.05, 4.69) is 0 Å². The maximum atomic E-state index is 10.3. The maximum Gasteiger partial charge on any atom is 0.180 e. The van der Waals surface area contributed by atoms with Gasteiger partial charge in [-0.1, -0.05) is 48.7 Å². The Balaban J connectivity index is 0. The number of alkyl halides is 3. The molecule has 0 aromatic carbocycles. The van der Waals surface area contributed by atoms with Crippen LogP contribution in [0, 0.1) is 5.92 Å².